The van der Waals surface area contributed by atoms with E-state index in [1.807, 2.05) is 31.2 Å². The average molecular weight is 363 g/mol. The van der Waals surface area contributed by atoms with Crippen molar-refractivity contribution in [1.29, 1.82) is 0 Å². The standard InChI is InChI=1S/C21H34N2O3/c1-5-15-26-21(3,4)20(24)22-18-9-11-19(12-10-18)25-16-14-23-13-7-6-8-17(23)2/h9-12,17H,5-8,13-16H2,1-4H3,(H,22,24)/t17-/m1/s1. The topological polar surface area (TPSA) is 50.8 Å². The van der Waals surface area contributed by atoms with E-state index in [0.717, 1.165) is 24.4 Å². The van der Waals surface area contributed by atoms with Crippen molar-refractivity contribution in [3.8, 4) is 5.75 Å². The molecule has 0 spiro atoms. The van der Waals surface area contributed by atoms with E-state index in [-0.39, 0.29) is 5.91 Å². The maximum absolute atomic E-state index is 12.3. The lowest BCUT2D eigenvalue weighted by molar-refractivity contribution is -0.137. The molecule has 1 aromatic rings. The first-order valence-corrected chi connectivity index (χ1v) is 9.84. The molecule has 0 radical (unpaired) electrons. The van der Waals surface area contributed by atoms with E-state index in [9.17, 15) is 4.79 Å². The Labute approximate surface area is 158 Å². The summed E-state index contributed by atoms with van der Waals surface area (Å²) in [4.78, 5) is 14.8. The van der Waals surface area contributed by atoms with Crippen LogP contribution >= 0.6 is 0 Å². The lowest BCUT2D eigenvalue weighted by Gasteiger charge is -2.33. The number of carbonyl (C=O) groups is 1. The minimum Gasteiger partial charge on any atom is -0.492 e. The van der Waals surface area contributed by atoms with E-state index in [2.05, 4.69) is 17.1 Å². The molecule has 5 nitrogen and oxygen atoms in total. The van der Waals surface area contributed by atoms with Gasteiger partial charge in [-0.3, -0.25) is 9.69 Å². The fourth-order valence-corrected chi connectivity index (χ4v) is 3.11. The fourth-order valence-electron chi connectivity index (χ4n) is 3.11. The van der Waals surface area contributed by atoms with Crippen LogP contribution < -0.4 is 10.1 Å². The number of anilines is 1. The summed E-state index contributed by atoms with van der Waals surface area (Å²) < 4.78 is 11.5. The smallest absolute Gasteiger partial charge is 0.256 e. The molecule has 0 aliphatic carbocycles. The molecule has 1 fully saturated rings. The van der Waals surface area contributed by atoms with Gasteiger partial charge in [-0.25, -0.2) is 0 Å². The Morgan fingerprint density at radius 2 is 1.96 bits per heavy atom. The maximum atomic E-state index is 12.3. The summed E-state index contributed by atoms with van der Waals surface area (Å²) in [6.45, 7) is 11.3. The van der Waals surface area contributed by atoms with E-state index < -0.39 is 5.60 Å². The highest BCUT2D eigenvalue weighted by molar-refractivity contribution is 5.96. The summed E-state index contributed by atoms with van der Waals surface area (Å²) >= 11 is 0. The summed E-state index contributed by atoms with van der Waals surface area (Å²) in [5.41, 5.74) is -0.0868. The van der Waals surface area contributed by atoms with Crippen molar-refractivity contribution >= 4 is 11.6 Å². The zero-order chi connectivity index (χ0) is 19.0. The molecule has 0 unspecified atom stereocenters. The molecule has 1 aromatic carbocycles. The Hall–Kier alpha value is -1.59. The largest absolute Gasteiger partial charge is 0.492 e. The first-order valence-electron chi connectivity index (χ1n) is 9.84. The molecule has 26 heavy (non-hydrogen) atoms. The number of amides is 1. The fraction of sp³-hybridized carbons (Fsp3) is 0.667. The van der Waals surface area contributed by atoms with Crippen LogP contribution in [0.25, 0.3) is 0 Å². The second kappa shape index (κ2) is 9.93. The van der Waals surface area contributed by atoms with Crippen molar-refractivity contribution in [3.05, 3.63) is 24.3 Å². The molecular weight excluding hydrogens is 328 g/mol. The first-order chi connectivity index (χ1) is 12.4. The highest BCUT2D eigenvalue weighted by atomic mass is 16.5. The summed E-state index contributed by atoms with van der Waals surface area (Å²) in [5.74, 6) is 0.688. The van der Waals surface area contributed by atoms with Crippen LogP contribution in [0.5, 0.6) is 5.75 Å². The van der Waals surface area contributed by atoms with Crippen LogP contribution in [0.3, 0.4) is 0 Å². The number of ether oxygens (including phenoxy) is 2. The van der Waals surface area contributed by atoms with Gasteiger partial charge in [0.25, 0.3) is 5.91 Å². The zero-order valence-corrected chi connectivity index (χ0v) is 16.7. The summed E-state index contributed by atoms with van der Waals surface area (Å²) in [6.07, 6.45) is 4.80. The Bertz CT molecular complexity index is 557. The molecule has 0 aromatic heterocycles. The van der Waals surface area contributed by atoms with Gasteiger partial charge in [0.2, 0.25) is 0 Å². The van der Waals surface area contributed by atoms with Crippen LogP contribution in [0, 0.1) is 0 Å². The molecule has 1 N–H and O–H groups in total. The van der Waals surface area contributed by atoms with Gasteiger partial charge in [0, 0.05) is 24.9 Å². The van der Waals surface area contributed by atoms with Gasteiger partial charge in [0.05, 0.1) is 0 Å². The molecule has 0 saturated carbocycles. The molecule has 5 heteroatoms. The molecule has 1 saturated heterocycles. The third kappa shape index (κ3) is 6.29. The highest BCUT2D eigenvalue weighted by Gasteiger charge is 2.28. The molecule has 146 valence electrons. The minimum atomic E-state index is -0.837. The number of nitrogens with zero attached hydrogens (tertiary/aromatic N) is 1. The van der Waals surface area contributed by atoms with E-state index >= 15 is 0 Å². The van der Waals surface area contributed by atoms with Gasteiger partial charge in [-0.15, -0.1) is 0 Å². The van der Waals surface area contributed by atoms with Crippen LogP contribution in [0.15, 0.2) is 24.3 Å². The third-order valence-electron chi connectivity index (χ3n) is 4.91. The van der Waals surface area contributed by atoms with Gasteiger partial charge < -0.3 is 14.8 Å². The molecular formula is C21H34N2O3. The zero-order valence-electron chi connectivity index (χ0n) is 16.7. The van der Waals surface area contributed by atoms with Crippen LogP contribution in [-0.4, -0.2) is 48.8 Å². The van der Waals surface area contributed by atoms with Gasteiger partial charge in [-0.2, -0.15) is 0 Å². The van der Waals surface area contributed by atoms with Crippen molar-refractivity contribution in [2.75, 3.05) is 31.6 Å². The molecule has 1 atom stereocenters. The number of nitrogens with one attached hydrogen (secondary N) is 1. The number of piperidine rings is 1. The van der Waals surface area contributed by atoms with Gasteiger partial charge in [-0.1, -0.05) is 13.3 Å². The number of carbonyl (C=O) groups excluding carboxylic acids is 1. The van der Waals surface area contributed by atoms with Crippen molar-refractivity contribution in [1.82, 2.24) is 4.90 Å². The van der Waals surface area contributed by atoms with Crippen molar-refractivity contribution in [2.24, 2.45) is 0 Å². The van der Waals surface area contributed by atoms with Gasteiger partial charge in [-0.05, 0) is 70.8 Å². The maximum Gasteiger partial charge on any atom is 0.256 e. The second-order valence-electron chi connectivity index (χ2n) is 7.57. The predicted molar refractivity (Wildman–Crippen MR) is 106 cm³/mol. The molecule has 0 bridgehead atoms. The third-order valence-corrected chi connectivity index (χ3v) is 4.91. The Morgan fingerprint density at radius 3 is 2.62 bits per heavy atom. The normalized spacial score (nSPS) is 18.5. The number of benzene rings is 1. The average Bonchev–Trinajstić information content (AvgIpc) is 2.63. The number of rotatable bonds is 9. The Kier molecular flexibility index (Phi) is 7.91. The van der Waals surface area contributed by atoms with Gasteiger partial charge in [0.15, 0.2) is 0 Å². The van der Waals surface area contributed by atoms with Gasteiger partial charge in [0.1, 0.15) is 18.0 Å². The highest BCUT2D eigenvalue weighted by Crippen LogP contribution is 2.19. The van der Waals surface area contributed by atoms with Crippen LogP contribution in [0.1, 0.15) is 53.4 Å². The monoisotopic (exact) mass is 362 g/mol. The molecule has 1 aliphatic rings. The van der Waals surface area contributed by atoms with Crippen molar-refractivity contribution < 1.29 is 14.3 Å². The Balaban J connectivity index is 1.77. The molecule has 1 heterocycles. The minimum absolute atomic E-state index is 0.140. The Morgan fingerprint density at radius 1 is 1.23 bits per heavy atom. The molecule has 1 aliphatic heterocycles. The lowest BCUT2D eigenvalue weighted by atomic mass is 10.0. The van der Waals surface area contributed by atoms with Crippen LogP contribution in [0.2, 0.25) is 0 Å². The lowest BCUT2D eigenvalue weighted by Crippen LogP contribution is -2.40. The van der Waals surface area contributed by atoms with Crippen molar-refractivity contribution in [3.63, 3.8) is 0 Å². The number of hydrogen-bond acceptors (Lipinski definition) is 4. The number of likely N-dealkylation sites (tertiary alicyclic amines) is 1. The quantitative estimate of drug-likeness (QED) is 0.719. The second-order valence-corrected chi connectivity index (χ2v) is 7.57. The van der Waals surface area contributed by atoms with Crippen LogP contribution in [-0.2, 0) is 9.53 Å². The van der Waals surface area contributed by atoms with E-state index in [0.29, 0.717) is 19.3 Å². The summed E-state index contributed by atoms with van der Waals surface area (Å²) in [6, 6.07) is 8.19. The first kappa shape index (κ1) is 20.7. The van der Waals surface area contributed by atoms with E-state index in [1.54, 1.807) is 13.8 Å². The molecule has 1 amide bonds. The summed E-state index contributed by atoms with van der Waals surface area (Å²) in [7, 11) is 0. The van der Waals surface area contributed by atoms with E-state index in [1.165, 1.54) is 25.8 Å². The van der Waals surface area contributed by atoms with Crippen molar-refractivity contribution in [2.45, 2.75) is 65.0 Å². The SMILES string of the molecule is CCCOC(C)(C)C(=O)Nc1ccc(OCCN2CCCC[C@H]2C)cc1. The van der Waals surface area contributed by atoms with E-state index in [4.69, 9.17) is 9.47 Å². The van der Waals surface area contributed by atoms with Gasteiger partial charge >= 0.3 is 0 Å². The number of hydrogen-bond donors (Lipinski definition) is 1. The van der Waals surface area contributed by atoms with Crippen LogP contribution in [0.4, 0.5) is 5.69 Å². The molecule has 2 rings (SSSR count). The predicted octanol–water partition coefficient (Wildman–Crippen LogP) is 4.08. The summed E-state index contributed by atoms with van der Waals surface area (Å²) in [5, 5.41) is 2.90.